The van der Waals surface area contributed by atoms with Gasteiger partial charge in [0.05, 0.1) is 21.1 Å². The average Bonchev–Trinajstić information content (AvgIpc) is 1.82. The molecule has 0 aromatic carbocycles. The van der Waals surface area contributed by atoms with E-state index in [0.717, 1.165) is 11.0 Å². The second-order valence-corrected chi connectivity index (χ2v) is 3.86. The highest BCUT2D eigenvalue weighted by Gasteiger charge is 2.16. The summed E-state index contributed by atoms with van der Waals surface area (Å²) in [5.41, 5.74) is 0. The molecule has 70 valence electrons. The van der Waals surface area contributed by atoms with Gasteiger partial charge in [0.2, 0.25) is 0 Å². The largest absolute Gasteiger partial charge is 0.452 e. The molecule has 0 aromatic heterocycles. The zero-order chi connectivity index (χ0) is 9.78. The smallest absolute Gasteiger partial charge is 0.303 e. The van der Waals surface area contributed by atoms with E-state index in [1.165, 1.54) is 6.92 Å². The molecule has 0 fully saturated rings. The van der Waals surface area contributed by atoms with Crippen LogP contribution in [0.25, 0.3) is 0 Å². The van der Waals surface area contributed by atoms with Crippen molar-refractivity contribution < 1.29 is 14.0 Å². The van der Waals surface area contributed by atoms with Crippen LogP contribution in [0.3, 0.4) is 0 Å². The first-order valence-electron chi connectivity index (χ1n) is 3.95. The third-order valence-corrected chi connectivity index (χ3v) is 1.31. The highest BCUT2D eigenvalue weighted by molar-refractivity contribution is 5.66. The Bertz CT molecular complexity index is 170. The fourth-order valence-electron chi connectivity index (χ4n) is 0.913. The van der Waals surface area contributed by atoms with Crippen molar-refractivity contribution in [2.45, 2.75) is 13.0 Å². The van der Waals surface area contributed by atoms with Crippen LogP contribution >= 0.6 is 0 Å². The minimum atomic E-state index is -0.256. The van der Waals surface area contributed by atoms with Gasteiger partial charge in [0.25, 0.3) is 0 Å². The van der Waals surface area contributed by atoms with Gasteiger partial charge >= 0.3 is 5.97 Å². The highest BCUT2D eigenvalue weighted by atomic mass is 16.5. The van der Waals surface area contributed by atoms with Gasteiger partial charge in [-0.1, -0.05) is 6.58 Å². The molecule has 0 aliphatic carbocycles. The predicted octanol–water partition coefficient (Wildman–Crippen LogP) is 0.810. The summed E-state index contributed by atoms with van der Waals surface area (Å²) in [5.74, 6) is -0.256. The molecule has 0 aromatic rings. The Morgan fingerprint density at radius 1 is 1.58 bits per heavy atom. The van der Waals surface area contributed by atoms with Crippen molar-refractivity contribution in [1.29, 1.82) is 0 Å². The number of esters is 1. The Morgan fingerprint density at radius 2 is 2.08 bits per heavy atom. The van der Waals surface area contributed by atoms with Crippen LogP contribution in [-0.4, -0.2) is 44.2 Å². The Hall–Kier alpha value is -0.830. The van der Waals surface area contributed by atoms with E-state index in [1.807, 2.05) is 21.1 Å². The summed E-state index contributed by atoms with van der Waals surface area (Å²) < 4.78 is 5.76. The molecule has 12 heavy (non-hydrogen) atoms. The van der Waals surface area contributed by atoms with Gasteiger partial charge in [-0.3, -0.25) is 4.79 Å². The third kappa shape index (κ3) is 5.92. The quantitative estimate of drug-likeness (QED) is 0.356. The van der Waals surface area contributed by atoms with Crippen LogP contribution < -0.4 is 0 Å². The van der Waals surface area contributed by atoms with Crippen molar-refractivity contribution in [2.24, 2.45) is 0 Å². The number of rotatable bonds is 4. The van der Waals surface area contributed by atoms with Crippen LogP contribution in [-0.2, 0) is 9.53 Å². The fraction of sp³-hybridized carbons (Fsp3) is 0.667. The van der Waals surface area contributed by atoms with E-state index in [9.17, 15) is 4.79 Å². The minimum absolute atomic E-state index is 0.178. The molecule has 3 heteroatoms. The van der Waals surface area contributed by atoms with Gasteiger partial charge in [-0.15, -0.1) is 0 Å². The lowest BCUT2D eigenvalue weighted by Gasteiger charge is -2.27. The Balaban J connectivity index is 4.00. The van der Waals surface area contributed by atoms with E-state index in [-0.39, 0.29) is 12.1 Å². The summed E-state index contributed by atoms with van der Waals surface area (Å²) in [5, 5.41) is 0. The van der Waals surface area contributed by atoms with Crippen molar-refractivity contribution >= 4 is 5.97 Å². The van der Waals surface area contributed by atoms with Crippen molar-refractivity contribution in [3.8, 4) is 0 Å². The molecule has 0 spiro atoms. The first-order valence-corrected chi connectivity index (χ1v) is 3.95. The standard InChI is InChI=1S/C9H18NO2/c1-6-9(12-8(2)11)7-10(3,4)5/h6,9H,1,7H2,2-5H3/q+1. The third-order valence-electron chi connectivity index (χ3n) is 1.31. The van der Waals surface area contributed by atoms with E-state index in [4.69, 9.17) is 4.74 Å². The summed E-state index contributed by atoms with van der Waals surface area (Å²) in [6.07, 6.45) is 1.48. The molecule has 0 amide bonds. The van der Waals surface area contributed by atoms with Gasteiger partial charge < -0.3 is 9.22 Å². The van der Waals surface area contributed by atoms with E-state index in [2.05, 4.69) is 6.58 Å². The minimum Gasteiger partial charge on any atom is -0.452 e. The molecule has 0 N–H and O–H groups in total. The first kappa shape index (κ1) is 11.2. The number of likely N-dealkylation sites (N-methyl/N-ethyl adjacent to an activating group) is 1. The maximum Gasteiger partial charge on any atom is 0.303 e. The Morgan fingerprint density at radius 3 is 2.33 bits per heavy atom. The van der Waals surface area contributed by atoms with Crippen LogP contribution in [0.5, 0.6) is 0 Å². The number of nitrogens with zero attached hydrogens (tertiary/aromatic N) is 1. The maximum absolute atomic E-state index is 10.6. The van der Waals surface area contributed by atoms with E-state index in [1.54, 1.807) is 6.08 Å². The van der Waals surface area contributed by atoms with Gasteiger partial charge in [0.15, 0.2) is 6.10 Å². The molecule has 3 nitrogen and oxygen atoms in total. The van der Waals surface area contributed by atoms with Gasteiger partial charge in [0, 0.05) is 6.92 Å². The fourth-order valence-corrected chi connectivity index (χ4v) is 0.913. The molecule has 1 atom stereocenters. The topological polar surface area (TPSA) is 26.3 Å². The lowest BCUT2D eigenvalue weighted by Crippen LogP contribution is -2.42. The molecule has 0 rings (SSSR count). The number of quaternary nitrogens is 1. The van der Waals surface area contributed by atoms with Crippen LogP contribution in [0.15, 0.2) is 12.7 Å². The van der Waals surface area contributed by atoms with Crippen LogP contribution in [0, 0.1) is 0 Å². The average molecular weight is 172 g/mol. The number of carbonyl (C=O) groups is 1. The Kier molecular flexibility index (Phi) is 3.96. The number of ether oxygens (including phenoxy) is 1. The van der Waals surface area contributed by atoms with E-state index >= 15 is 0 Å². The van der Waals surface area contributed by atoms with Crippen molar-refractivity contribution in [3.63, 3.8) is 0 Å². The molecule has 0 saturated heterocycles. The second kappa shape index (κ2) is 4.26. The molecule has 0 aliphatic rings. The maximum atomic E-state index is 10.6. The molecule has 0 heterocycles. The number of hydrogen-bond acceptors (Lipinski definition) is 2. The summed E-state index contributed by atoms with van der Waals surface area (Å²) in [6, 6.07) is 0. The van der Waals surface area contributed by atoms with Crippen molar-refractivity contribution in [3.05, 3.63) is 12.7 Å². The predicted molar refractivity (Wildman–Crippen MR) is 48.7 cm³/mol. The SMILES string of the molecule is C=CC(C[N+](C)(C)C)OC(C)=O. The molecule has 0 aliphatic heterocycles. The van der Waals surface area contributed by atoms with Gasteiger partial charge in [-0.2, -0.15) is 0 Å². The molecule has 1 unspecified atom stereocenters. The highest BCUT2D eigenvalue weighted by Crippen LogP contribution is 2.00. The molecular formula is C9H18NO2+. The van der Waals surface area contributed by atoms with Gasteiger partial charge in [-0.25, -0.2) is 0 Å². The summed E-state index contributed by atoms with van der Waals surface area (Å²) in [7, 11) is 6.12. The van der Waals surface area contributed by atoms with Crippen molar-refractivity contribution in [2.75, 3.05) is 27.7 Å². The Labute approximate surface area is 74.2 Å². The molecule has 0 saturated carbocycles. The lowest BCUT2D eigenvalue weighted by molar-refractivity contribution is -0.872. The van der Waals surface area contributed by atoms with Crippen LogP contribution in [0.4, 0.5) is 0 Å². The van der Waals surface area contributed by atoms with Gasteiger partial charge in [0.1, 0.15) is 6.54 Å². The number of carbonyl (C=O) groups excluding carboxylic acids is 1. The van der Waals surface area contributed by atoms with Gasteiger partial charge in [-0.05, 0) is 6.08 Å². The van der Waals surface area contributed by atoms with Crippen molar-refractivity contribution in [1.82, 2.24) is 0 Å². The van der Waals surface area contributed by atoms with Crippen LogP contribution in [0.1, 0.15) is 6.92 Å². The molecular weight excluding hydrogens is 154 g/mol. The lowest BCUT2D eigenvalue weighted by atomic mass is 10.3. The van der Waals surface area contributed by atoms with Crippen LogP contribution in [0.2, 0.25) is 0 Å². The zero-order valence-corrected chi connectivity index (χ0v) is 8.33. The summed E-state index contributed by atoms with van der Waals surface area (Å²) in [6.45, 7) is 5.77. The monoisotopic (exact) mass is 172 g/mol. The van der Waals surface area contributed by atoms with E-state index < -0.39 is 0 Å². The molecule has 0 radical (unpaired) electrons. The number of hydrogen-bond donors (Lipinski definition) is 0. The molecule has 0 bridgehead atoms. The first-order chi connectivity index (χ1) is 5.35. The summed E-state index contributed by atoms with van der Waals surface area (Å²) >= 11 is 0. The normalized spacial score (nSPS) is 13.7. The zero-order valence-electron chi connectivity index (χ0n) is 8.33. The second-order valence-electron chi connectivity index (χ2n) is 3.86. The van der Waals surface area contributed by atoms with E-state index in [0.29, 0.717) is 0 Å². The summed E-state index contributed by atoms with van der Waals surface area (Å²) in [4.78, 5) is 10.6.